The van der Waals surface area contributed by atoms with Crippen LogP contribution in [-0.2, 0) is 21.0 Å². The number of halogens is 3. The number of aryl methyl sites for hydroxylation is 1. The van der Waals surface area contributed by atoms with Crippen LogP contribution in [0.3, 0.4) is 0 Å². The van der Waals surface area contributed by atoms with E-state index in [0.29, 0.717) is 32.1 Å². The maximum atomic E-state index is 13.0. The van der Waals surface area contributed by atoms with Crippen LogP contribution < -0.4 is 4.74 Å². The van der Waals surface area contributed by atoms with Crippen molar-refractivity contribution in [3.63, 3.8) is 0 Å². The van der Waals surface area contributed by atoms with E-state index in [0.717, 1.165) is 33.8 Å². The van der Waals surface area contributed by atoms with Crippen molar-refractivity contribution in [3.8, 4) is 5.75 Å². The Bertz CT molecular complexity index is 1060. The fraction of sp³-hybridized carbons (Fsp3) is 0.435. The summed E-state index contributed by atoms with van der Waals surface area (Å²) in [5.41, 5.74) is 0.110. The van der Waals surface area contributed by atoms with E-state index >= 15 is 0 Å². The third-order valence-electron chi connectivity index (χ3n) is 5.69. The number of benzene rings is 2. The lowest BCUT2D eigenvalue weighted by molar-refractivity contribution is -0.138. The number of carbonyl (C=O) groups is 1. The highest BCUT2D eigenvalue weighted by Crippen LogP contribution is 2.32. The molecule has 0 aliphatic carbocycles. The van der Waals surface area contributed by atoms with Crippen LogP contribution in [0.1, 0.15) is 24.0 Å². The van der Waals surface area contributed by atoms with Gasteiger partial charge in [0.2, 0.25) is 15.9 Å². The molecule has 0 N–H and O–H groups in total. The Kier molecular flexibility index (Phi) is 7.69. The van der Waals surface area contributed by atoms with E-state index in [1.165, 1.54) is 0 Å². The van der Waals surface area contributed by atoms with E-state index < -0.39 is 26.7 Å². The van der Waals surface area contributed by atoms with Gasteiger partial charge >= 0.3 is 6.18 Å². The molecule has 2 aromatic rings. The number of sulfonamides is 1. The smallest absolute Gasteiger partial charge is 0.416 e. The quantitative estimate of drug-likeness (QED) is 0.597. The Morgan fingerprint density at radius 1 is 1.12 bits per heavy atom. The van der Waals surface area contributed by atoms with Crippen LogP contribution in [0.25, 0.3) is 0 Å². The van der Waals surface area contributed by atoms with Crippen LogP contribution in [0, 0.1) is 12.8 Å². The second-order valence-corrected chi connectivity index (χ2v) is 10.1. The van der Waals surface area contributed by atoms with Crippen molar-refractivity contribution >= 4 is 15.9 Å². The largest absolute Gasteiger partial charge is 0.492 e. The van der Waals surface area contributed by atoms with Crippen LogP contribution in [0.5, 0.6) is 5.75 Å². The minimum Gasteiger partial charge on any atom is -0.492 e. The van der Waals surface area contributed by atoms with Gasteiger partial charge in [0.05, 0.1) is 17.0 Å². The number of amides is 1. The standard InChI is InChI=1S/C23H27F3N2O4S/c1-17-6-8-20(9-7-17)32-15-14-27(2)22(29)18-10-12-28(13-11-18)33(30,31)21-5-3-4-19(16-21)23(24,25)26/h3-9,16,18H,10-15H2,1-2H3. The Morgan fingerprint density at radius 3 is 2.36 bits per heavy atom. The lowest BCUT2D eigenvalue weighted by atomic mass is 9.97. The van der Waals surface area contributed by atoms with Crippen molar-refractivity contribution < 1.29 is 31.1 Å². The van der Waals surface area contributed by atoms with Gasteiger partial charge in [0, 0.05) is 26.1 Å². The summed E-state index contributed by atoms with van der Waals surface area (Å²) in [4.78, 5) is 13.9. The number of ether oxygens (including phenoxy) is 1. The summed E-state index contributed by atoms with van der Waals surface area (Å²) >= 11 is 0. The molecule has 0 atom stereocenters. The Hall–Kier alpha value is -2.59. The molecular formula is C23H27F3N2O4S. The Balaban J connectivity index is 1.53. The van der Waals surface area contributed by atoms with Crippen molar-refractivity contribution in [2.75, 3.05) is 33.3 Å². The topological polar surface area (TPSA) is 66.9 Å². The van der Waals surface area contributed by atoms with Crippen LogP contribution >= 0.6 is 0 Å². The highest BCUT2D eigenvalue weighted by molar-refractivity contribution is 7.89. The first-order valence-corrected chi connectivity index (χ1v) is 12.0. The summed E-state index contributed by atoms with van der Waals surface area (Å²) in [6.45, 7) is 2.83. The van der Waals surface area contributed by atoms with Gasteiger partial charge in [-0.05, 0) is 50.1 Å². The van der Waals surface area contributed by atoms with Gasteiger partial charge < -0.3 is 9.64 Å². The predicted molar refractivity (Wildman–Crippen MR) is 117 cm³/mol. The van der Waals surface area contributed by atoms with Crippen LogP contribution in [0.15, 0.2) is 53.4 Å². The van der Waals surface area contributed by atoms with Gasteiger partial charge in [0.15, 0.2) is 0 Å². The zero-order chi connectivity index (χ0) is 24.2. The number of piperidine rings is 1. The molecule has 0 radical (unpaired) electrons. The number of likely N-dealkylation sites (N-methyl/N-ethyl adjacent to an activating group) is 1. The SMILES string of the molecule is Cc1ccc(OCCN(C)C(=O)C2CCN(S(=O)(=O)c3cccc(C(F)(F)F)c3)CC2)cc1. The molecule has 0 saturated carbocycles. The molecule has 1 heterocycles. The third kappa shape index (κ3) is 6.26. The minimum absolute atomic E-state index is 0.0721. The van der Waals surface area contributed by atoms with Gasteiger partial charge in [-0.3, -0.25) is 4.79 Å². The van der Waals surface area contributed by atoms with Crippen molar-refractivity contribution in [2.24, 2.45) is 5.92 Å². The molecule has 6 nitrogen and oxygen atoms in total. The molecule has 1 amide bonds. The molecule has 180 valence electrons. The molecule has 0 bridgehead atoms. The van der Waals surface area contributed by atoms with Gasteiger partial charge in [0.25, 0.3) is 0 Å². The fourth-order valence-electron chi connectivity index (χ4n) is 3.68. The molecular weight excluding hydrogens is 457 g/mol. The highest BCUT2D eigenvalue weighted by Gasteiger charge is 2.35. The Labute approximate surface area is 192 Å². The van der Waals surface area contributed by atoms with Crippen LogP contribution in [-0.4, -0.2) is 56.8 Å². The molecule has 1 fully saturated rings. The van der Waals surface area contributed by atoms with Gasteiger partial charge in [-0.15, -0.1) is 0 Å². The maximum absolute atomic E-state index is 13.0. The lowest BCUT2D eigenvalue weighted by Gasteiger charge is -2.32. The highest BCUT2D eigenvalue weighted by atomic mass is 32.2. The number of hydrogen-bond acceptors (Lipinski definition) is 4. The van der Waals surface area contributed by atoms with Gasteiger partial charge in [-0.2, -0.15) is 17.5 Å². The minimum atomic E-state index is -4.63. The van der Waals surface area contributed by atoms with E-state index in [-0.39, 0.29) is 24.9 Å². The molecule has 33 heavy (non-hydrogen) atoms. The van der Waals surface area contributed by atoms with E-state index in [1.807, 2.05) is 31.2 Å². The second-order valence-electron chi connectivity index (χ2n) is 8.13. The van der Waals surface area contributed by atoms with Crippen LogP contribution in [0.4, 0.5) is 13.2 Å². The molecule has 0 aromatic heterocycles. The molecule has 1 aliphatic rings. The van der Waals surface area contributed by atoms with Gasteiger partial charge in [-0.25, -0.2) is 8.42 Å². The summed E-state index contributed by atoms with van der Waals surface area (Å²) in [7, 11) is -2.40. The predicted octanol–water partition coefficient (Wildman–Crippen LogP) is 3.95. The van der Waals surface area contributed by atoms with Gasteiger partial charge in [0.1, 0.15) is 12.4 Å². The number of carbonyl (C=O) groups excluding carboxylic acids is 1. The van der Waals surface area contributed by atoms with Gasteiger partial charge in [-0.1, -0.05) is 23.8 Å². The average Bonchev–Trinajstić information content (AvgIpc) is 2.79. The zero-order valence-electron chi connectivity index (χ0n) is 18.5. The van der Waals surface area contributed by atoms with Crippen LogP contribution in [0.2, 0.25) is 0 Å². The Morgan fingerprint density at radius 2 is 1.76 bits per heavy atom. The van der Waals surface area contributed by atoms with E-state index in [2.05, 4.69) is 0 Å². The van der Waals surface area contributed by atoms with Crippen molar-refractivity contribution in [1.29, 1.82) is 0 Å². The number of rotatable bonds is 7. The molecule has 3 rings (SSSR count). The molecule has 1 aliphatic heterocycles. The third-order valence-corrected chi connectivity index (χ3v) is 7.59. The fourth-order valence-corrected chi connectivity index (χ4v) is 5.20. The second kappa shape index (κ2) is 10.1. The number of alkyl halides is 3. The first-order valence-electron chi connectivity index (χ1n) is 10.6. The summed E-state index contributed by atoms with van der Waals surface area (Å²) in [6.07, 6.45) is -4.01. The maximum Gasteiger partial charge on any atom is 0.416 e. The summed E-state index contributed by atoms with van der Waals surface area (Å²) < 4.78 is 71.3. The monoisotopic (exact) mass is 484 g/mol. The molecule has 0 unspecified atom stereocenters. The van der Waals surface area contributed by atoms with E-state index in [1.54, 1.807) is 11.9 Å². The van der Waals surface area contributed by atoms with Crippen molar-refractivity contribution in [2.45, 2.75) is 30.8 Å². The molecule has 2 aromatic carbocycles. The zero-order valence-corrected chi connectivity index (χ0v) is 19.3. The summed E-state index contributed by atoms with van der Waals surface area (Å²) in [5, 5.41) is 0. The number of hydrogen-bond donors (Lipinski definition) is 0. The molecule has 10 heteroatoms. The average molecular weight is 485 g/mol. The van der Waals surface area contributed by atoms with Crippen molar-refractivity contribution in [3.05, 3.63) is 59.7 Å². The number of nitrogens with zero attached hydrogens (tertiary/aromatic N) is 2. The normalized spacial score (nSPS) is 15.9. The summed E-state index contributed by atoms with van der Waals surface area (Å²) in [6, 6.07) is 11.3. The molecule has 1 saturated heterocycles. The summed E-state index contributed by atoms with van der Waals surface area (Å²) in [5.74, 6) is 0.274. The first-order chi connectivity index (χ1) is 15.5. The van der Waals surface area contributed by atoms with E-state index in [4.69, 9.17) is 4.74 Å². The first kappa shape index (κ1) is 25.0. The molecule has 0 spiro atoms. The lowest BCUT2D eigenvalue weighted by Crippen LogP contribution is -2.44. The van der Waals surface area contributed by atoms with E-state index in [9.17, 15) is 26.4 Å². The van der Waals surface area contributed by atoms with Crippen molar-refractivity contribution in [1.82, 2.24) is 9.21 Å².